The van der Waals surface area contributed by atoms with Crippen LogP contribution in [0.4, 0.5) is 0 Å². The van der Waals surface area contributed by atoms with Crippen LogP contribution in [0.2, 0.25) is 0 Å². The predicted octanol–water partition coefficient (Wildman–Crippen LogP) is 1.27. The summed E-state index contributed by atoms with van der Waals surface area (Å²) in [7, 11) is -4.00. The SMILES string of the molecule is CC1(C)C2CCC1(CS(=O)(=O)O)CC2=O. The smallest absolute Gasteiger partial charge is 0.265 e. The minimum atomic E-state index is -4.00. The van der Waals surface area contributed by atoms with Crippen LogP contribution in [0.1, 0.15) is 33.1 Å². The van der Waals surface area contributed by atoms with E-state index in [1.807, 2.05) is 13.8 Å². The number of fused-ring (bicyclic) bond motifs is 2. The topological polar surface area (TPSA) is 71.4 Å². The molecule has 0 amide bonds. The second-order valence-electron chi connectivity index (χ2n) is 5.46. The van der Waals surface area contributed by atoms with Crippen molar-refractivity contribution < 1.29 is 17.8 Å². The third-order valence-electron chi connectivity index (χ3n) is 4.51. The maximum Gasteiger partial charge on any atom is 0.265 e. The van der Waals surface area contributed by atoms with Crippen LogP contribution >= 0.6 is 0 Å². The third-order valence-corrected chi connectivity index (χ3v) is 5.43. The maximum atomic E-state index is 11.7. The van der Waals surface area contributed by atoms with Crippen molar-refractivity contribution in [3.05, 3.63) is 0 Å². The Kier molecular flexibility index (Phi) is 2.09. The van der Waals surface area contributed by atoms with E-state index in [1.54, 1.807) is 0 Å². The van der Waals surface area contributed by atoms with Gasteiger partial charge in [-0.25, -0.2) is 0 Å². The van der Waals surface area contributed by atoms with Crippen molar-refractivity contribution in [2.24, 2.45) is 16.7 Å². The average molecular weight is 232 g/mol. The first-order valence-electron chi connectivity index (χ1n) is 5.16. The number of carbonyl (C=O) groups is 1. The lowest BCUT2D eigenvalue weighted by Gasteiger charge is -2.35. The summed E-state index contributed by atoms with van der Waals surface area (Å²) in [5, 5.41) is 0. The molecule has 0 spiro atoms. The Morgan fingerprint density at radius 2 is 2.07 bits per heavy atom. The van der Waals surface area contributed by atoms with Gasteiger partial charge in [0.05, 0.1) is 5.75 Å². The van der Waals surface area contributed by atoms with Gasteiger partial charge in [-0.2, -0.15) is 8.42 Å². The Morgan fingerprint density at radius 3 is 2.40 bits per heavy atom. The number of rotatable bonds is 2. The van der Waals surface area contributed by atoms with E-state index >= 15 is 0 Å². The Labute approximate surface area is 89.8 Å². The molecule has 2 aliphatic rings. The molecule has 2 bridgehead atoms. The molecule has 0 heterocycles. The van der Waals surface area contributed by atoms with Gasteiger partial charge in [0, 0.05) is 12.3 Å². The molecule has 2 fully saturated rings. The zero-order valence-corrected chi connectivity index (χ0v) is 9.80. The van der Waals surface area contributed by atoms with Gasteiger partial charge in [0.1, 0.15) is 5.78 Å². The second-order valence-corrected chi connectivity index (χ2v) is 6.92. The number of Topliss-reactive ketones (excluding diaryl/α,β-unsaturated/α-hetero) is 1. The molecule has 2 unspecified atom stereocenters. The predicted molar refractivity (Wildman–Crippen MR) is 55.0 cm³/mol. The van der Waals surface area contributed by atoms with Crippen molar-refractivity contribution in [2.45, 2.75) is 33.1 Å². The minimum Gasteiger partial charge on any atom is -0.299 e. The van der Waals surface area contributed by atoms with Crippen LogP contribution in [-0.2, 0) is 14.9 Å². The molecule has 4 nitrogen and oxygen atoms in total. The van der Waals surface area contributed by atoms with Gasteiger partial charge in [0.15, 0.2) is 0 Å². The zero-order chi connectivity index (χ0) is 11.5. The van der Waals surface area contributed by atoms with E-state index < -0.39 is 15.5 Å². The molecule has 86 valence electrons. The van der Waals surface area contributed by atoms with Crippen molar-refractivity contribution in [1.29, 1.82) is 0 Å². The lowest BCUT2D eigenvalue weighted by Crippen LogP contribution is -2.36. The molecule has 0 radical (unpaired) electrons. The molecule has 1 N–H and O–H groups in total. The quantitative estimate of drug-likeness (QED) is 0.728. The largest absolute Gasteiger partial charge is 0.299 e. The van der Waals surface area contributed by atoms with Crippen molar-refractivity contribution in [3.8, 4) is 0 Å². The summed E-state index contributed by atoms with van der Waals surface area (Å²) < 4.78 is 31.0. The monoisotopic (exact) mass is 232 g/mol. The molecule has 0 aromatic carbocycles. The van der Waals surface area contributed by atoms with E-state index in [0.29, 0.717) is 6.42 Å². The molecule has 2 saturated carbocycles. The van der Waals surface area contributed by atoms with Crippen LogP contribution in [0.5, 0.6) is 0 Å². The maximum absolute atomic E-state index is 11.7. The fourth-order valence-electron chi connectivity index (χ4n) is 3.47. The van der Waals surface area contributed by atoms with Gasteiger partial charge in [0.25, 0.3) is 10.1 Å². The van der Waals surface area contributed by atoms with Crippen molar-refractivity contribution in [3.63, 3.8) is 0 Å². The van der Waals surface area contributed by atoms with Crippen molar-refractivity contribution in [1.82, 2.24) is 0 Å². The van der Waals surface area contributed by atoms with Gasteiger partial charge < -0.3 is 0 Å². The summed E-state index contributed by atoms with van der Waals surface area (Å²) in [6.07, 6.45) is 1.81. The van der Waals surface area contributed by atoms with Crippen molar-refractivity contribution in [2.75, 3.05) is 5.75 Å². The summed E-state index contributed by atoms with van der Waals surface area (Å²) >= 11 is 0. The Bertz CT molecular complexity index is 409. The number of hydrogen-bond donors (Lipinski definition) is 1. The number of hydrogen-bond acceptors (Lipinski definition) is 3. The standard InChI is InChI=1S/C10H16O4S/c1-9(2)7-3-4-10(9,5-8(7)11)6-15(12,13)14/h7H,3-6H2,1-2H3,(H,12,13,14). The van der Waals surface area contributed by atoms with Gasteiger partial charge in [-0.05, 0) is 23.7 Å². The minimum absolute atomic E-state index is 0.0146. The molecular formula is C10H16O4S. The molecule has 15 heavy (non-hydrogen) atoms. The first-order valence-corrected chi connectivity index (χ1v) is 6.77. The van der Waals surface area contributed by atoms with E-state index in [4.69, 9.17) is 4.55 Å². The zero-order valence-electron chi connectivity index (χ0n) is 8.99. The summed E-state index contributed by atoms with van der Waals surface area (Å²) in [6.45, 7) is 3.89. The molecule has 5 heteroatoms. The Morgan fingerprint density at radius 1 is 1.47 bits per heavy atom. The van der Waals surface area contributed by atoms with Crippen molar-refractivity contribution >= 4 is 15.9 Å². The first-order chi connectivity index (χ1) is 6.68. The Balaban J connectivity index is 2.40. The molecule has 0 aromatic heterocycles. The lowest BCUT2D eigenvalue weighted by atomic mass is 9.71. The molecule has 2 aliphatic carbocycles. The fourth-order valence-corrected chi connectivity index (χ4v) is 4.78. The lowest BCUT2D eigenvalue weighted by molar-refractivity contribution is -0.122. The molecule has 2 rings (SSSR count). The highest BCUT2D eigenvalue weighted by atomic mass is 32.2. The molecule has 2 atom stereocenters. The van der Waals surface area contributed by atoms with Gasteiger partial charge in [0.2, 0.25) is 0 Å². The summed E-state index contributed by atoms with van der Waals surface area (Å²) in [6, 6.07) is 0. The normalized spacial score (nSPS) is 38.6. The number of carbonyl (C=O) groups excluding carboxylic acids is 1. The fraction of sp³-hybridized carbons (Fsp3) is 0.900. The highest BCUT2D eigenvalue weighted by molar-refractivity contribution is 7.85. The summed E-state index contributed by atoms with van der Waals surface area (Å²) in [5.74, 6) is -0.121. The molecule has 0 aliphatic heterocycles. The van der Waals surface area contributed by atoms with E-state index in [1.165, 1.54) is 0 Å². The summed E-state index contributed by atoms with van der Waals surface area (Å²) in [4.78, 5) is 11.7. The van der Waals surface area contributed by atoms with E-state index in [0.717, 1.165) is 12.8 Å². The van der Waals surface area contributed by atoms with Crippen LogP contribution in [0.3, 0.4) is 0 Å². The summed E-state index contributed by atoms with van der Waals surface area (Å²) in [5.41, 5.74) is -0.817. The van der Waals surface area contributed by atoms with Crippen LogP contribution in [0.15, 0.2) is 0 Å². The van der Waals surface area contributed by atoms with Crippen LogP contribution in [0.25, 0.3) is 0 Å². The number of ketones is 1. The highest BCUT2D eigenvalue weighted by Crippen LogP contribution is 2.64. The first kappa shape index (κ1) is 11.1. The van der Waals surface area contributed by atoms with Gasteiger partial charge in [-0.3, -0.25) is 9.35 Å². The average Bonchev–Trinajstić information content (AvgIpc) is 2.29. The van der Waals surface area contributed by atoms with Gasteiger partial charge in [-0.15, -0.1) is 0 Å². The molecule has 0 aromatic rings. The Hall–Kier alpha value is -0.420. The van der Waals surface area contributed by atoms with Crippen LogP contribution < -0.4 is 0 Å². The van der Waals surface area contributed by atoms with Crippen LogP contribution in [-0.4, -0.2) is 24.5 Å². The van der Waals surface area contributed by atoms with Gasteiger partial charge in [-0.1, -0.05) is 13.8 Å². The van der Waals surface area contributed by atoms with E-state index in [9.17, 15) is 13.2 Å². The van der Waals surface area contributed by atoms with E-state index in [2.05, 4.69) is 0 Å². The highest BCUT2D eigenvalue weighted by Gasteiger charge is 2.64. The second kappa shape index (κ2) is 2.83. The van der Waals surface area contributed by atoms with Crippen LogP contribution in [0, 0.1) is 16.7 Å². The van der Waals surface area contributed by atoms with Gasteiger partial charge >= 0.3 is 0 Å². The third kappa shape index (κ3) is 1.44. The van der Waals surface area contributed by atoms with E-state index in [-0.39, 0.29) is 22.9 Å². The molecular weight excluding hydrogens is 216 g/mol. The molecule has 0 saturated heterocycles.